The minimum atomic E-state index is -1.30. The molecule has 5 heterocycles. The summed E-state index contributed by atoms with van der Waals surface area (Å²) in [6, 6.07) is -1.20. The Hall–Kier alpha value is -4.34. The number of aromatic amines is 2. The minimum absolute atomic E-state index is 0.00265. The molecule has 3 aromatic heterocycles. The van der Waals surface area contributed by atoms with E-state index in [1.54, 1.807) is 26.8 Å². The smallest absolute Gasteiger partial charge is 0.338 e. The second kappa shape index (κ2) is 15.6. The number of carboxylic acid groups (broad SMARTS) is 3. The fraction of sp³-hybridized carbons (Fsp3) is 0.316. The maximum Gasteiger partial charge on any atom is 0.338 e. The van der Waals surface area contributed by atoms with Gasteiger partial charge < -0.3 is 30.6 Å². The molecule has 2 aliphatic rings. The van der Waals surface area contributed by atoms with Gasteiger partial charge in [-0.3, -0.25) is 9.59 Å². The van der Waals surface area contributed by atoms with E-state index in [1.165, 1.54) is 0 Å². The Morgan fingerprint density at radius 2 is 1.38 bits per heavy atom. The number of hydrogen-bond donors (Lipinski definition) is 6. The lowest BCUT2D eigenvalue weighted by atomic mass is 9.93. The van der Waals surface area contributed by atoms with Crippen LogP contribution in [0.2, 0.25) is 0 Å². The summed E-state index contributed by atoms with van der Waals surface area (Å²) in [5.41, 5.74) is 8.73. The van der Waals surface area contributed by atoms with Crippen molar-refractivity contribution in [3.8, 4) is 0 Å². The van der Waals surface area contributed by atoms with E-state index in [-0.39, 0.29) is 41.8 Å². The number of H-pyrrole nitrogens is 2. The van der Waals surface area contributed by atoms with Crippen molar-refractivity contribution in [1.29, 1.82) is 0 Å². The molecule has 278 valence electrons. The van der Waals surface area contributed by atoms with Gasteiger partial charge >= 0.3 is 17.9 Å². The lowest BCUT2D eigenvalue weighted by Gasteiger charge is -2.14. The number of carbonyl (C=O) groups excluding carboxylic acids is 1. The van der Waals surface area contributed by atoms with E-state index in [9.17, 15) is 34.5 Å². The molecule has 1 amide bonds. The van der Waals surface area contributed by atoms with E-state index in [1.807, 2.05) is 20.8 Å². The van der Waals surface area contributed by atoms with Crippen LogP contribution in [0.25, 0.3) is 50.4 Å². The molecule has 2 aliphatic heterocycles. The van der Waals surface area contributed by atoms with E-state index in [0.29, 0.717) is 54.5 Å². The van der Waals surface area contributed by atoms with Gasteiger partial charge in [0.15, 0.2) is 0 Å². The predicted octanol–water partition coefficient (Wildman–Crippen LogP) is 8.76. The van der Waals surface area contributed by atoms with Gasteiger partial charge in [0, 0.05) is 17.5 Å². The number of rotatable bonds is 11. The molecule has 1 unspecified atom stereocenters. The van der Waals surface area contributed by atoms with Gasteiger partial charge in [0.25, 0.3) is 0 Å². The zero-order valence-corrected chi connectivity index (χ0v) is 34.7. The molecular weight excluding hydrogens is 878 g/mol. The lowest BCUT2D eigenvalue weighted by molar-refractivity contribution is -0.141. The average Bonchev–Trinajstić information content (AvgIpc) is 3.83. The molecule has 0 saturated carbocycles. The van der Waals surface area contributed by atoms with Gasteiger partial charge in [-0.15, -0.1) is 0 Å². The highest BCUT2D eigenvalue weighted by Crippen LogP contribution is 2.44. The SMILES string of the molecule is C=Cc1c(C)c2[nH]c1c(Br)c1[nH]c(c(Br)c3nc(c(CC(=O)NC(CC)C(=O)O)c4nc(c2Br)C(C)=C4CCC(=O)O)C(C(=O)O)=C3C)c(CC)c1C. The quantitative estimate of drug-likeness (QED) is 0.109. The summed E-state index contributed by atoms with van der Waals surface area (Å²) in [6.45, 7) is 15.1. The van der Waals surface area contributed by atoms with Gasteiger partial charge in [0.2, 0.25) is 5.91 Å². The van der Waals surface area contributed by atoms with E-state index in [4.69, 9.17) is 9.97 Å². The number of halogens is 3. The zero-order chi connectivity index (χ0) is 39.2. The van der Waals surface area contributed by atoms with Crippen LogP contribution in [0.5, 0.6) is 0 Å². The first-order valence-corrected chi connectivity index (χ1v) is 19.2. The summed E-state index contributed by atoms with van der Waals surface area (Å²) in [7, 11) is 0. The number of aromatic nitrogens is 4. The molecule has 6 N–H and O–H groups in total. The van der Waals surface area contributed by atoms with Gasteiger partial charge in [-0.05, 0) is 128 Å². The van der Waals surface area contributed by atoms with Crippen LogP contribution < -0.4 is 5.32 Å². The highest BCUT2D eigenvalue weighted by molar-refractivity contribution is 9.11. The Morgan fingerprint density at radius 3 is 1.94 bits per heavy atom. The number of carboxylic acids is 3. The van der Waals surface area contributed by atoms with Crippen molar-refractivity contribution in [2.24, 2.45) is 0 Å². The third kappa shape index (κ3) is 7.06. The fourth-order valence-electron chi connectivity index (χ4n) is 6.95. The van der Waals surface area contributed by atoms with E-state index >= 15 is 0 Å². The second-order valence-corrected chi connectivity index (χ2v) is 15.2. The summed E-state index contributed by atoms with van der Waals surface area (Å²) >= 11 is 11.4. The molecule has 0 saturated heterocycles. The molecule has 0 aromatic carbocycles. The van der Waals surface area contributed by atoms with E-state index < -0.39 is 36.3 Å². The first-order chi connectivity index (χ1) is 25.0. The normalized spacial score (nSPS) is 13.4. The summed E-state index contributed by atoms with van der Waals surface area (Å²) < 4.78 is 1.76. The minimum Gasteiger partial charge on any atom is -0.481 e. The summed E-state index contributed by atoms with van der Waals surface area (Å²) in [4.78, 5) is 67.7. The number of aliphatic carboxylic acids is 3. The number of nitrogens with one attached hydrogen (secondary N) is 3. The van der Waals surface area contributed by atoms with Crippen LogP contribution in [0, 0.1) is 13.8 Å². The van der Waals surface area contributed by atoms with Crippen LogP contribution in [0.15, 0.2) is 20.0 Å². The van der Waals surface area contributed by atoms with Gasteiger partial charge in [0.1, 0.15) is 6.04 Å². The van der Waals surface area contributed by atoms with Gasteiger partial charge in [-0.25, -0.2) is 19.6 Å². The Morgan fingerprint density at radius 1 is 0.792 bits per heavy atom. The molecule has 12 nitrogen and oxygen atoms in total. The number of nitrogens with zero attached hydrogens (tertiary/aromatic N) is 2. The van der Waals surface area contributed by atoms with Crippen LogP contribution in [-0.4, -0.2) is 65.1 Å². The van der Waals surface area contributed by atoms with Crippen molar-refractivity contribution < 1.29 is 34.5 Å². The molecule has 0 fully saturated rings. The first kappa shape index (κ1) is 39.9. The first-order valence-electron chi connectivity index (χ1n) is 16.8. The largest absolute Gasteiger partial charge is 0.481 e. The summed E-state index contributed by atoms with van der Waals surface area (Å²) in [5.74, 6) is -4.28. The summed E-state index contributed by atoms with van der Waals surface area (Å²) in [6.07, 6.45) is 1.72. The van der Waals surface area contributed by atoms with Crippen molar-refractivity contribution in [2.75, 3.05) is 0 Å². The van der Waals surface area contributed by atoms with Gasteiger partial charge in [0.05, 0.1) is 70.3 Å². The van der Waals surface area contributed by atoms with Crippen LogP contribution >= 0.6 is 47.8 Å². The Bertz CT molecular complexity index is 2390. The van der Waals surface area contributed by atoms with Gasteiger partial charge in [-0.2, -0.15) is 0 Å². The average molecular weight is 916 g/mol. The second-order valence-electron chi connectivity index (χ2n) is 12.8. The van der Waals surface area contributed by atoms with Crippen molar-refractivity contribution in [3.63, 3.8) is 0 Å². The lowest BCUT2D eigenvalue weighted by Crippen LogP contribution is -2.41. The van der Waals surface area contributed by atoms with Gasteiger partial charge in [-0.1, -0.05) is 26.5 Å². The Kier molecular flexibility index (Phi) is 11.7. The van der Waals surface area contributed by atoms with Crippen LogP contribution in [0.3, 0.4) is 0 Å². The van der Waals surface area contributed by atoms with Crippen LogP contribution in [0.1, 0.15) is 97.6 Å². The van der Waals surface area contributed by atoms with Crippen molar-refractivity contribution in [2.45, 2.75) is 79.7 Å². The number of hydrogen-bond acceptors (Lipinski definition) is 6. The molecule has 0 spiro atoms. The third-order valence-electron chi connectivity index (χ3n) is 9.79. The highest BCUT2D eigenvalue weighted by atomic mass is 79.9. The molecule has 15 heteroatoms. The standard InChI is InChI=1S/C38H38Br3N5O7/c1-8-18-14(4)29-26(39)31-16(6)20(11-12-24(48)49)33(43-31)21(13-23(47)42-22(10-3)37(50)51)34-25(38(52)53)17(7)32(44-34)28(41)36-19(9-2)15(5)30(46-36)27(40)35(18)45-29/h8,22,45-46H,1,9-13H2,2-7H3,(H,42,47)(H,48,49)(H,50,51)(H,52,53). The Balaban J connectivity index is 2.11. The topological polar surface area (TPSA) is 198 Å². The zero-order valence-electron chi connectivity index (χ0n) is 29.9. The number of aryl methyl sites for hydroxylation is 3. The molecule has 0 aliphatic carbocycles. The molecular formula is C38H38Br3N5O7. The van der Waals surface area contributed by atoms with Crippen molar-refractivity contribution in [3.05, 3.63) is 70.6 Å². The highest BCUT2D eigenvalue weighted by Gasteiger charge is 2.33. The fourth-order valence-corrected chi connectivity index (χ4v) is 9.17. The summed E-state index contributed by atoms with van der Waals surface area (Å²) in [5, 5.41) is 32.7. The number of fused-ring (bicyclic) bond motifs is 8. The molecule has 3 aromatic rings. The Labute approximate surface area is 330 Å². The molecule has 1 atom stereocenters. The maximum atomic E-state index is 13.7. The number of amides is 1. The molecule has 5 rings (SSSR count). The number of allylic oxidation sites excluding steroid dienone is 3. The molecule has 0 radical (unpaired) electrons. The monoisotopic (exact) mass is 913 g/mol. The number of carbonyl (C=O) groups is 4. The van der Waals surface area contributed by atoms with Crippen molar-refractivity contribution >= 4 is 122 Å². The van der Waals surface area contributed by atoms with Crippen LogP contribution in [-0.2, 0) is 32.0 Å². The van der Waals surface area contributed by atoms with Crippen LogP contribution in [0.4, 0.5) is 0 Å². The van der Waals surface area contributed by atoms with E-state index in [2.05, 4.69) is 69.7 Å². The molecule has 53 heavy (non-hydrogen) atoms. The van der Waals surface area contributed by atoms with E-state index in [0.717, 1.165) is 37.8 Å². The predicted molar refractivity (Wildman–Crippen MR) is 216 cm³/mol. The molecule has 8 bridgehead atoms. The maximum absolute atomic E-state index is 13.7. The third-order valence-corrected chi connectivity index (χ3v) is 12.1. The van der Waals surface area contributed by atoms with Crippen molar-refractivity contribution in [1.82, 2.24) is 25.3 Å².